The number of nitrogens with one attached hydrogen (secondary N) is 1. The molecule has 5 rings (SSSR count). The summed E-state index contributed by atoms with van der Waals surface area (Å²) in [6.07, 6.45) is 2.73. The summed E-state index contributed by atoms with van der Waals surface area (Å²) in [7, 11) is 0. The number of amides is 2. The van der Waals surface area contributed by atoms with Crippen molar-refractivity contribution in [2.24, 2.45) is 5.73 Å². The van der Waals surface area contributed by atoms with Crippen molar-refractivity contribution in [2.75, 3.05) is 5.32 Å². The molecule has 2 heterocycles. The molecule has 3 N–H and O–H groups in total. The van der Waals surface area contributed by atoms with Crippen LogP contribution in [0.15, 0.2) is 59.0 Å². The number of primary amides is 1. The minimum absolute atomic E-state index is 0.154. The van der Waals surface area contributed by atoms with Crippen molar-refractivity contribution in [3.05, 3.63) is 82.1 Å². The van der Waals surface area contributed by atoms with Crippen LogP contribution < -0.4 is 15.8 Å². The average molecular weight is 433 g/mol. The third-order valence-corrected chi connectivity index (χ3v) is 6.59. The number of carbonyl (C=O) groups is 2. The first-order chi connectivity index (χ1) is 15.1. The number of benzene rings is 2. The number of rotatable bonds is 6. The van der Waals surface area contributed by atoms with Crippen molar-refractivity contribution in [3.63, 3.8) is 0 Å². The Morgan fingerprint density at radius 1 is 1.06 bits per heavy atom. The fraction of sp³-hybridized carbons (Fsp3) is 0.167. The van der Waals surface area contributed by atoms with Crippen molar-refractivity contribution >= 4 is 38.9 Å². The molecule has 0 bridgehead atoms. The number of thiophene rings is 1. The molecule has 2 amide bonds. The fourth-order valence-electron chi connectivity index (χ4n) is 3.91. The monoisotopic (exact) mass is 432 g/mol. The number of nitrogens with two attached hydrogens (primary N) is 1. The van der Waals surface area contributed by atoms with Crippen LogP contribution in [0.5, 0.6) is 5.75 Å². The molecular weight excluding hydrogens is 412 g/mol. The predicted molar refractivity (Wildman–Crippen MR) is 120 cm³/mol. The predicted octanol–water partition coefficient (Wildman–Crippen LogP) is 4.91. The lowest BCUT2D eigenvalue weighted by Crippen LogP contribution is -2.17. The number of carbonyl (C=O) groups excluding carboxylic acids is 2. The zero-order chi connectivity index (χ0) is 21.4. The van der Waals surface area contributed by atoms with Gasteiger partial charge < -0.3 is 20.2 Å². The van der Waals surface area contributed by atoms with Crippen molar-refractivity contribution in [1.29, 1.82) is 0 Å². The summed E-state index contributed by atoms with van der Waals surface area (Å²) >= 11 is 1.42. The van der Waals surface area contributed by atoms with E-state index in [9.17, 15) is 9.59 Å². The SMILES string of the molecule is NC(=O)c1c(NC(=O)c2ccc(COc3ccc4ccccc4c3)o2)sc2c1CCC2. The topological polar surface area (TPSA) is 94.6 Å². The Morgan fingerprint density at radius 3 is 2.74 bits per heavy atom. The molecule has 31 heavy (non-hydrogen) atoms. The lowest BCUT2D eigenvalue weighted by atomic mass is 10.1. The van der Waals surface area contributed by atoms with E-state index in [2.05, 4.69) is 5.32 Å². The largest absolute Gasteiger partial charge is 0.486 e. The van der Waals surface area contributed by atoms with Crippen molar-refractivity contribution in [2.45, 2.75) is 25.9 Å². The van der Waals surface area contributed by atoms with Gasteiger partial charge in [-0.1, -0.05) is 30.3 Å². The molecule has 0 saturated heterocycles. The molecule has 0 spiro atoms. The van der Waals surface area contributed by atoms with Crippen molar-refractivity contribution in [3.8, 4) is 5.75 Å². The second-order valence-corrected chi connectivity index (χ2v) is 8.55. The molecule has 7 heteroatoms. The van der Waals surface area contributed by atoms with Gasteiger partial charge >= 0.3 is 0 Å². The van der Waals surface area contributed by atoms with Gasteiger partial charge in [-0.05, 0) is 59.9 Å². The molecule has 4 aromatic rings. The Kier molecular flexibility index (Phi) is 4.95. The van der Waals surface area contributed by atoms with Gasteiger partial charge in [0.15, 0.2) is 5.76 Å². The van der Waals surface area contributed by atoms with E-state index in [1.165, 1.54) is 11.3 Å². The summed E-state index contributed by atoms with van der Waals surface area (Å²) in [5.74, 6) is 0.474. The van der Waals surface area contributed by atoms with Gasteiger partial charge in [0.05, 0.1) is 5.56 Å². The first-order valence-corrected chi connectivity index (χ1v) is 10.9. The Bertz CT molecular complexity index is 1300. The number of hydrogen-bond acceptors (Lipinski definition) is 5. The third-order valence-electron chi connectivity index (χ3n) is 5.38. The molecule has 2 aromatic heterocycles. The van der Waals surface area contributed by atoms with Crippen LogP contribution in [0, 0.1) is 0 Å². The number of fused-ring (bicyclic) bond motifs is 2. The van der Waals surface area contributed by atoms with E-state index >= 15 is 0 Å². The summed E-state index contributed by atoms with van der Waals surface area (Å²) in [4.78, 5) is 25.7. The zero-order valence-corrected chi connectivity index (χ0v) is 17.5. The van der Waals surface area contributed by atoms with E-state index in [1.54, 1.807) is 12.1 Å². The van der Waals surface area contributed by atoms with Crippen LogP contribution in [0.3, 0.4) is 0 Å². The number of furan rings is 1. The van der Waals surface area contributed by atoms with E-state index in [4.69, 9.17) is 14.9 Å². The number of ether oxygens (including phenoxy) is 1. The molecule has 0 radical (unpaired) electrons. The Balaban J connectivity index is 1.27. The second kappa shape index (κ2) is 7.92. The lowest BCUT2D eigenvalue weighted by Gasteiger charge is -2.06. The van der Waals surface area contributed by atoms with Crippen LogP contribution in [0.2, 0.25) is 0 Å². The van der Waals surface area contributed by atoms with Gasteiger partial charge in [-0.3, -0.25) is 9.59 Å². The molecule has 1 aliphatic rings. The van der Waals surface area contributed by atoms with E-state index < -0.39 is 11.8 Å². The molecule has 0 atom stereocenters. The van der Waals surface area contributed by atoms with Gasteiger partial charge in [0.1, 0.15) is 23.1 Å². The quantitative estimate of drug-likeness (QED) is 0.452. The Morgan fingerprint density at radius 2 is 1.90 bits per heavy atom. The smallest absolute Gasteiger partial charge is 0.291 e. The molecule has 0 saturated carbocycles. The molecule has 2 aromatic carbocycles. The van der Waals surface area contributed by atoms with E-state index in [-0.39, 0.29) is 12.4 Å². The van der Waals surface area contributed by atoms with Gasteiger partial charge in [-0.2, -0.15) is 0 Å². The highest BCUT2D eigenvalue weighted by Crippen LogP contribution is 2.39. The molecule has 1 aliphatic carbocycles. The molecule has 0 aliphatic heterocycles. The maximum Gasteiger partial charge on any atom is 0.291 e. The first kappa shape index (κ1) is 19.4. The summed E-state index contributed by atoms with van der Waals surface area (Å²) in [5.41, 5.74) is 6.95. The summed E-state index contributed by atoms with van der Waals surface area (Å²) in [6, 6.07) is 17.2. The molecular formula is C24H20N2O4S. The van der Waals surface area contributed by atoms with Gasteiger partial charge in [0, 0.05) is 4.88 Å². The third kappa shape index (κ3) is 3.80. The molecule has 6 nitrogen and oxygen atoms in total. The Hall–Kier alpha value is -3.58. The fourth-order valence-corrected chi connectivity index (χ4v) is 5.20. The summed E-state index contributed by atoms with van der Waals surface area (Å²) in [6.45, 7) is 0.200. The van der Waals surface area contributed by atoms with Gasteiger partial charge in [0.2, 0.25) is 0 Å². The van der Waals surface area contributed by atoms with Gasteiger partial charge in [-0.25, -0.2) is 0 Å². The van der Waals surface area contributed by atoms with Gasteiger partial charge in [0.25, 0.3) is 11.8 Å². The van der Waals surface area contributed by atoms with Crippen LogP contribution >= 0.6 is 11.3 Å². The number of anilines is 1. The van der Waals surface area contributed by atoms with Crippen LogP contribution in [0.1, 0.15) is 43.5 Å². The zero-order valence-electron chi connectivity index (χ0n) is 16.6. The first-order valence-electron chi connectivity index (χ1n) is 10.0. The van der Waals surface area contributed by atoms with Crippen LogP contribution in [-0.2, 0) is 19.4 Å². The summed E-state index contributed by atoms with van der Waals surface area (Å²) < 4.78 is 11.5. The number of aryl methyl sites for hydroxylation is 1. The van der Waals surface area contributed by atoms with Crippen LogP contribution in [-0.4, -0.2) is 11.8 Å². The van der Waals surface area contributed by atoms with Crippen LogP contribution in [0.25, 0.3) is 10.8 Å². The van der Waals surface area contributed by atoms with E-state index in [0.29, 0.717) is 16.3 Å². The maximum absolute atomic E-state index is 12.7. The Labute approximate surface area is 182 Å². The minimum Gasteiger partial charge on any atom is -0.486 e. The second-order valence-electron chi connectivity index (χ2n) is 7.44. The average Bonchev–Trinajstić information content (AvgIpc) is 3.48. The van der Waals surface area contributed by atoms with Crippen molar-refractivity contribution in [1.82, 2.24) is 0 Å². The van der Waals surface area contributed by atoms with E-state index in [1.807, 2.05) is 42.5 Å². The lowest BCUT2D eigenvalue weighted by molar-refractivity contribution is 0.0993. The molecule has 156 valence electrons. The number of hydrogen-bond donors (Lipinski definition) is 2. The highest BCUT2D eigenvalue weighted by molar-refractivity contribution is 7.17. The van der Waals surface area contributed by atoms with Crippen molar-refractivity contribution < 1.29 is 18.7 Å². The molecule has 0 fully saturated rings. The summed E-state index contributed by atoms with van der Waals surface area (Å²) in [5, 5.41) is 5.51. The van der Waals surface area contributed by atoms with Gasteiger partial charge in [-0.15, -0.1) is 11.3 Å². The van der Waals surface area contributed by atoms with Crippen LogP contribution in [0.4, 0.5) is 5.00 Å². The maximum atomic E-state index is 12.7. The standard InChI is InChI=1S/C24H20N2O4S/c25-22(27)21-18-6-3-7-20(18)31-24(21)26-23(28)19-11-10-17(30-19)13-29-16-9-8-14-4-1-2-5-15(14)12-16/h1-2,4-5,8-12H,3,6-7,13H2,(H2,25,27)(H,26,28). The minimum atomic E-state index is -0.515. The van der Waals surface area contributed by atoms with E-state index in [0.717, 1.165) is 46.2 Å². The normalized spacial score (nSPS) is 12.6. The highest BCUT2D eigenvalue weighted by atomic mass is 32.1. The molecule has 0 unspecified atom stereocenters. The highest BCUT2D eigenvalue weighted by Gasteiger charge is 2.26.